The van der Waals surface area contributed by atoms with Crippen molar-refractivity contribution in [2.45, 2.75) is 86.5 Å². The lowest BCUT2D eigenvalue weighted by Crippen LogP contribution is -2.70. The van der Waals surface area contributed by atoms with E-state index in [2.05, 4.69) is 4.74 Å². The number of hydrogen-bond donors (Lipinski definition) is 1. The van der Waals surface area contributed by atoms with E-state index in [1.165, 1.54) is 6.08 Å². The van der Waals surface area contributed by atoms with Crippen LogP contribution in [0, 0.1) is 23.7 Å². The molecule has 0 aromatic heterocycles. The molecule has 0 heterocycles. The van der Waals surface area contributed by atoms with Crippen LogP contribution in [-0.2, 0) is 4.74 Å². The molecule has 2 fully saturated rings. The molecule has 1 N–H and O–H groups in total. The summed E-state index contributed by atoms with van der Waals surface area (Å²) in [6, 6.07) is 0. The van der Waals surface area contributed by atoms with Gasteiger partial charge in [0.25, 0.3) is 5.60 Å². The molecule has 2 nitrogen and oxygen atoms in total. The Morgan fingerprint density at radius 1 is 0.611 bits per heavy atom. The maximum absolute atomic E-state index is 14.2. The van der Waals surface area contributed by atoms with E-state index in [9.17, 15) is 66.6 Å². The quantitative estimate of drug-likeness (QED) is 0.288. The summed E-state index contributed by atoms with van der Waals surface area (Å²) < 4.78 is 197. The van der Waals surface area contributed by atoms with E-state index in [0.29, 0.717) is 0 Å². The molecule has 6 unspecified atom stereocenters. The molecule has 0 amide bonds. The van der Waals surface area contributed by atoms with Gasteiger partial charge in [0.05, 0.1) is 6.10 Å². The summed E-state index contributed by atoms with van der Waals surface area (Å²) in [6.45, 7) is 0. The van der Waals surface area contributed by atoms with Crippen LogP contribution in [-0.4, -0.2) is 53.0 Å². The van der Waals surface area contributed by atoms with Gasteiger partial charge in [0.15, 0.2) is 0 Å². The summed E-state index contributed by atoms with van der Waals surface area (Å²) in [5, 5.41) is 9.79. The SMILES string of the molecule is OC(C1CCCC(C(OC2CC3C=CC2C3)(C(F)(F)F)C(F)(F)F)C1)(C(F)(F)F)C(F)(F)C(F)(F)F. The molecule has 2 bridgehead atoms. The number of rotatable bonds is 5. The Hall–Kier alpha value is -1.32. The van der Waals surface area contributed by atoms with Crippen LogP contribution in [0.3, 0.4) is 0 Å². The number of allylic oxidation sites excluding steroid dienone is 1. The van der Waals surface area contributed by atoms with Crippen molar-refractivity contribution in [3.05, 3.63) is 12.2 Å². The molecule has 0 saturated heterocycles. The molecule has 2 saturated carbocycles. The second-order valence-electron chi connectivity index (χ2n) is 9.56. The highest BCUT2D eigenvalue weighted by molar-refractivity contribution is 5.14. The fourth-order valence-corrected chi connectivity index (χ4v) is 5.78. The zero-order chi connectivity index (χ0) is 27.8. The predicted molar refractivity (Wildman–Crippen MR) is 92.5 cm³/mol. The second-order valence-corrected chi connectivity index (χ2v) is 9.56. The van der Waals surface area contributed by atoms with E-state index in [0.717, 1.165) is 0 Å². The maximum Gasteiger partial charge on any atom is 0.456 e. The molecule has 0 aliphatic heterocycles. The summed E-state index contributed by atoms with van der Waals surface area (Å²) in [4.78, 5) is 0. The maximum atomic E-state index is 14.2. The van der Waals surface area contributed by atoms with Crippen molar-refractivity contribution in [3.63, 3.8) is 0 Å². The van der Waals surface area contributed by atoms with E-state index in [-0.39, 0.29) is 12.8 Å². The molecule has 0 aromatic rings. The largest absolute Gasteiger partial charge is 0.456 e. The van der Waals surface area contributed by atoms with Gasteiger partial charge in [0, 0.05) is 17.8 Å². The van der Waals surface area contributed by atoms with Crippen LogP contribution in [0.5, 0.6) is 0 Å². The lowest BCUT2D eigenvalue weighted by Gasteiger charge is -2.50. The molecule has 3 rings (SSSR count). The molecule has 6 atom stereocenters. The van der Waals surface area contributed by atoms with Crippen molar-refractivity contribution in [1.29, 1.82) is 0 Å². The van der Waals surface area contributed by atoms with Gasteiger partial charge in [-0.15, -0.1) is 0 Å². The Morgan fingerprint density at radius 3 is 1.53 bits per heavy atom. The van der Waals surface area contributed by atoms with Crippen LogP contribution in [0.25, 0.3) is 0 Å². The van der Waals surface area contributed by atoms with Gasteiger partial charge in [0.2, 0.25) is 5.60 Å². The number of halogens is 14. The minimum absolute atomic E-state index is 0.162. The third-order valence-electron chi connectivity index (χ3n) is 7.50. The Bertz CT molecular complexity index is 825. The van der Waals surface area contributed by atoms with Gasteiger partial charge in [0.1, 0.15) is 0 Å². The first-order valence-electron chi connectivity index (χ1n) is 10.7. The first-order chi connectivity index (χ1) is 16.0. The van der Waals surface area contributed by atoms with Gasteiger partial charge in [-0.1, -0.05) is 18.6 Å². The Labute approximate surface area is 194 Å². The smallest absolute Gasteiger partial charge is 0.375 e. The Balaban J connectivity index is 2.09. The highest BCUT2D eigenvalue weighted by Crippen LogP contribution is 2.61. The summed E-state index contributed by atoms with van der Waals surface area (Å²) >= 11 is 0. The number of fused-ring (bicyclic) bond motifs is 2. The van der Waals surface area contributed by atoms with Crippen LogP contribution in [0.1, 0.15) is 38.5 Å². The lowest BCUT2D eigenvalue weighted by atomic mass is 9.65. The zero-order valence-corrected chi connectivity index (χ0v) is 17.9. The molecule has 3 aliphatic carbocycles. The standard InChI is InChI=1S/C20H20F14O2/c21-16(22,20(32,33)34)14(35,17(23,24)25)11-2-1-3-12(8-11)15(18(26,27)28,19(29,30)31)36-13-7-9-4-5-10(13)6-9/h4-5,9-13,35H,1-3,6-8H2. The van der Waals surface area contributed by atoms with Gasteiger partial charge in [-0.2, -0.15) is 61.5 Å². The second kappa shape index (κ2) is 8.60. The highest BCUT2D eigenvalue weighted by Gasteiger charge is 2.83. The van der Waals surface area contributed by atoms with E-state index in [1.807, 2.05) is 0 Å². The van der Waals surface area contributed by atoms with Gasteiger partial charge in [-0.3, -0.25) is 0 Å². The molecule has 0 radical (unpaired) electrons. The monoisotopic (exact) mass is 558 g/mol. The Morgan fingerprint density at radius 2 is 1.14 bits per heavy atom. The topological polar surface area (TPSA) is 29.5 Å². The fourth-order valence-electron chi connectivity index (χ4n) is 5.78. The molecule has 210 valence electrons. The highest BCUT2D eigenvalue weighted by atomic mass is 19.4. The number of aliphatic hydroxyl groups is 1. The third kappa shape index (κ3) is 4.27. The van der Waals surface area contributed by atoms with E-state index in [1.54, 1.807) is 6.08 Å². The normalized spacial score (nSPS) is 32.1. The van der Waals surface area contributed by atoms with Gasteiger partial charge in [-0.05, 0) is 38.0 Å². The summed E-state index contributed by atoms with van der Waals surface area (Å²) in [7, 11) is 0. The zero-order valence-electron chi connectivity index (χ0n) is 17.9. The molecule has 3 aliphatic rings. The van der Waals surface area contributed by atoms with E-state index < -0.39 is 97.3 Å². The van der Waals surface area contributed by atoms with Crippen molar-refractivity contribution in [2.24, 2.45) is 23.7 Å². The number of alkyl halides is 14. The molecule has 36 heavy (non-hydrogen) atoms. The molecule has 0 aromatic carbocycles. The van der Waals surface area contributed by atoms with Gasteiger partial charge < -0.3 is 9.84 Å². The van der Waals surface area contributed by atoms with Crippen LogP contribution in [0.2, 0.25) is 0 Å². The van der Waals surface area contributed by atoms with Crippen molar-refractivity contribution >= 4 is 0 Å². The molecule has 0 spiro atoms. The van der Waals surface area contributed by atoms with Crippen molar-refractivity contribution in [3.8, 4) is 0 Å². The van der Waals surface area contributed by atoms with Crippen molar-refractivity contribution < 1.29 is 71.3 Å². The first kappa shape index (κ1) is 29.2. The van der Waals surface area contributed by atoms with Crippen LogP contribution < -0.4 is 0 Å². The summed E-state index contributed by atoms with van der Waals surface area (Å²) in [5.41, 5.74) is -11.1. The van der Waals surface area contributed by atoms with Crippen molar-refractivity contribution in [2.75, 3.05) is 0 Å². The third-order valence-corrected chi connectivity index (χ3v) is 7.50. The molecular weight excluding hydrogens is 538 g/mol. The molecule has 16 heteroatoms. The predicted octanol–water partition coefficient (Wildman–Crippen LogP) is 7.13. The van der Waals surface area contributed by atoms with Gasteiger partial charge in [-0.25, -0.2) is 0 Å². The summed E-state index contributed by atoms with van der Waals surface area (Å²) in [5.74, 6) is -14.6. The van der Waals surface area contributed by atoms with Gasteiger partial charge >= 0.3 is 30.6 Å². The van der Waals surface area contributed by atoms with E-state index in [4.69, 9.17) is 0 Å². The van der Waals surface area contributed by atoms with E-state index >= 15 is 0 Å². The first-order valence-corrected chi connectivity index (χ1v) is 10.7. The minimum Gasteiger partial charge on any atom is -0.375 e. The van der Waals surface area contributed by atoms with Crippen LogP contribution in [0.4, 0.5) is 61.5 Å². The Kier molecular flexibility index (Phi) is 6.98. The minimum atomic E-state index is -7.01. The fraction of sp³-hybridized carbons (Fsp3) is 0.900. The van der Waals surface area contributed by atoms with Crippen molar-refractivity contribution in [1.82, 2.24) is 0 Å². The molecular formula is C20H20F14O2. The number of hydrogen-bond acceptors (Lipinski definition) is 2. The van der Waals surface area contributed by atoms with Crippen LogP contribution in [0.15, 0.2) is 12.2 Å². The summed E-state index contributed by atoms with van der Waals surface area (Å²) in [6.07, 6.45) is -30.9. The average Bonchev–Trinajstić information content (AvgIpc) is 3.30. The number of ether oxygens (including phenoxy) is 1. The lowest BCUT2D eigenvalue weighted by molar-refractivity contribution is -0.428. The average molecular weight is 558 g/mol. The van der Waals surface area contributed by atoms with Crippen LogP contribution >= 0.6 is 0 Å².